The number of hydrogen-bond acceptors (Lipinski definition) is 3. The van der Waals surface area contributed by atoms with E-state index in [0.29, 0.717) is 12.1 Å². The third-order valence-corrected chi connectivity index (χ3v) is 7.36. The van der Waals surface area contributed by atoms with Gasteiger partial charge in [0.1, 0.15) is 0 Å². The Kier molecular flexibility index (Phi) is 4.72. The van der Waals surface area contributed by atoms with E-state index in [9.17, 15) is 13.2 Å². The third kappa shape index (κ3) is 3.31. The lowest BCUT2D eigenvalue weighted by Crippen LogP contribution is -2.40. The summed E-state index contributed by atoms with van der Waals surface area (Å²) in [7, 11) is -1.96. The number of aromatic nitrogens is 1. The molecular formula is C21H23N3O3S. The number of hydrogen-bond donors (Lipinski definition) is 2. The van der Waals surface area contributed by atoms with Crippen molar-refractivity contribution in [3.05, 3.63) is 59.8 Å². The Balaban J connectivity index is 1.58. The van der Waals surface area contributed by atoms with E-state index in [1.165, 1.54) is 40.0 Å². The van der Waals surface area contributed by atoms with Crippen LogP contribution < -0.4 is 5.32 Å². The van der Waals surface area contributed by atoms with Crippen LogP contribution in [0.15, 0.2) is 53.4 Å². The predicted octanol–water partition coefficient (Wildman–Crippen LogP) is 3.30. The number of carbonyl (C=O) groups is 1. The molecule has 0 fully saturated rings. The van der Waals surface area contributed by atoms with Crippen molar-refractivity contribution in [1.29, 1.82) is 0 Å². The predicted molar refractivity (Wildman–Crippen MR) is 110 cm³/mol. The quantitative estimate of drug-likeness (QED) is 0.709. The van der Waals surface area contributed by atoms with Gasteiger partial charge in [-0.3, -0.25) is 4.79 Å². The van der Waals surface area contributed by atoms with Crippen LogP contribution in [-0.4, -0.2) is 36.7 Å². The van der Waals surface area contributed by atoms with Crippen LogP contribution in [0.25, 0.3) is 10.9 Å². The summed E-state index contributed by atoms with van der Waals surface area (Å²) >= 11 is 0. The van der Waals surface area contributed by atoms with Crippen LogP contribution in [0.5, 0.6) is 0 Å². The summed E-state index contributed by atoms with van der Waals surface area (Å²) in [6, 6.07) is 14.4. The number of aromatic amines is 1. The lowest BCUT2D eigenvalue weighted by Gasteiger charge is -2.30. The molecule has 28 heavy (non-hydrogen) atoms. The lowest BCUT2D eigenvalue weighted by atomic mass is 9.91. The highest BCUT2D eigenvalue weighted by atomic mass is 32.2. The van der Waals surface area contributed by atoms with Gasteiger partial charge in [0.05, 0.1) is 4.90 Å². The summed E-state index contributed by atoms with van der Waals surface area (Å²) in [5.74, 6) is -0.190. The molecule has 0 spiro atoms. The molecule has 1 unspecified atom stereocenters. The largest absolute Gasteiger partial charge is 0.358 e. The fourth-order valence-electron chi connectivity index (χ4n) is 3.94. The molecule has 0 saturated heterocycles. The monoisotopic (exact) mass is 397 g/mol. The van der Waals surface area contributed by atoms with Gasteiger partial charge in [-0.2, -0.15) is 4.31 Å². The first-order chi connectivity index (χ1) is 13.4. The van der Waals surface area contributed by atoms with E-state index in [1.54, 1.807) is 19.2 Å². The molecule has 7 heteroatoms. The van der Waals surface area contributed by atoms with Gasteiger partial charge < -0.3 is 10.3 Å². The Hall–Kier alpha value is -2.64. The zero-order chi connectivity index (χ0) is 19.9. The van der Waals surface area contributed by atoms with Crippen molar-refractivity contribution in [3.8, 4) is 0 Å². The molecule has 1 aromatic heterocycles. The van der Waals surface area contributed by atoms with Crippen molar-refractivity contribution >= 4 is 32.5 Å². The van der Waals surface area contributed by atoms with E-state index in [1.807, 2.05) is 12.1 Å². The minimum absolute atomic E-state index is 0.0910. The topological polar surface area (TPSA) is 82.3 Å². The number of carbonyl (C=O) groups excluding carboxylic acids is 1. The lowest BCUT2D eigenvalue weighted by molar-refractivity contribution is -0.114. The molecule has 0 radical (unpaired) electrons. The first-order valence-corrected chi connectivity index (χ1v) is 10.7. The fourth-order valence-corrected chi connectivity index (χ4v) is 5.32. The van der Waals surface area contributed by atoms with E-state index < -0.39 is 10.0 Å². The third-order valence-electron chi connectivity index (χ3n) is 5.44. The highest BCUT2D eigenvalue weighted by Gasteiger charge is 2.32. The van der Waals surface area contributed by atoms with Gasteiger partial charge in [0.2, 0.25) is 15.9 Å². The standard InChI is InChI=1S/C21H23N3O3S/c1-14(25)22-15-7-10-17(11-8-15)28(26,27)24(2)16-9-12-21-19(13-16)18-5-3-4-6-20(18)23-21/h3-8,10-11,16,23H,9,12-13H2,1-2H3,(H,22,25). The summed E-state index contributed by atoms with van der Waals surface area (Å²) in [6.45, 7) is 1.42. The number of benzene rings is 2. The highest BCUT2D eigenvalue weighted by molar-refractivity contribution is 7.89. The van der Waals surface area contributed by atoms with Gasteiger partial charge in [0.25, 0.3) is 0 Å². The van der Waals surface area contributed by atoms with Crippen LogP contribution in [0, 0.1) is 0 Å². The molecule has 2 N–H and O–H groups in total. The van der Waals surface area contributed by atoms with Crippen molar-refractivity contribution in [2.24, 2.45) is 0 Å². The number of likely N-dealkylation sites (N-methyl/N-ethyl adjacent to an activating group) is 1. The van der Waals surface area contributed by atoms with Crippen LogP contribution in [0.1, 0.15) is 24.6 Å². The molecule has 1 amide bonds. The summed E-state index contributed by atoms with van der Waals surface area (Å²) < 4.78 is 27.7. The summed E-state index contributed by atoms with van der Waals surface area (Å²) in [4.78, 5) is 14.8. The van der Waals surface area contributed by atoms with Crippen molar-refractivity contribution in [2.75, 3.05) is 12.4 Å². The molecule has 1 aliphatic carbocycles. The van der Waals surface area contributed by atoms with Crippen LogP contribution in [0.4, 0.5) is 5.69 Å². The first kappa shape index (κ1) is 18.7. The molecule has 0 saturated carbocycles. The Morgan fingerprint density at radius 1 is 1.14 bits per heavy atom. The maximum absolute atomic E-state index is 13.1. The molecular weight excluding hydrogens is 374 g/mol. The van der Waals surface area contributed by atoms with Crippen LogP contribution in [0.3, 0.4) is 0 Å². The van der Waals surface area contributed by atoms with Crippen LogP contribution >= 0.6 is 0 Å². The molecule has 146 valence electrons. The van der Waals surface area contributed by atoms with E-state index in [-0.39, 0.29) is 16.8 Å². The van der Waals surface area contributed by atoms with Crippen molar-refractivity contribution in [1.82, 2.24) is 9.29 Å². The molecule has 3 aromatic rings. The fraction of sp³-hybridized carbons (Fsp3) is 0.286. The second-order valence-corrected chi connectivity index (χ2v) is 9.25. The molecule has 1 aliphatic rings. The SMILES string of the molecule is CC(=O)Nc1ccc(S(=O)(=O)N(C)C2CCc3[nH]c4ccccc4c3C2)cc1. The minimum Gasteiger partial charge on any atom is -0.358 e. The van der Waals surface area contributed by atoms with Crippen molar-refractivity contribution in [2.45, 2.75) is 37.1 Å². The Morgan fingerprint density at radius 2 is 1.86 bits per heavy atom. The molecule has 0 aliphatic heterocycles. The average Bonchev–Trinajstić information content (AvgIpc) is 3.05. The molecule has 4 rings (SSSR count). The van der Waals surface area contributed by atoms with Gasteiger partial charge in [-0.15, -0.1) is 0 Å². The van der Waals surface area contributed by atoms with E-state index in [0.717, 1.165) is 18.4 Å². The van der Waals surface area contributed by atoms with E-state index in [4.69, 9.17) is 0 Å². The number of nitrogens with zero attached hydrogens (tertiary/aromatic N) is 1. The smallest absolute Gasteiger partial charge is 0.243 e. The highest BCUT2D eigenvalue weighted by Crippen LogP contribution is 2.32. The Bertz CT molecular complexity index is 1130. The number of amides is 1. The second-order valence-electron chi connectivity index (χ2n) is 7.25. The number of nitrogens with one attached hydrogen (secondary N) is 2. The van der Waals surface area contributed by atoms with Crippen LogP contribution in [-0.2, 0) is 27.7 Å². The maximum Gasteiger partial charge on any atom is 0.243 e. The summed E-state index contributed by atoms with van der Waals surface area (Å²) in [6.07, 6.45) is 2.30. The van der Waals surface area contributed by atoms with E-state index in [2.05, 4.69) is 22.4 Å². The van der Waals surface area contributed by atoms with Gasteiger partial charge in [0.15, 0.2) is 0 Å². The zero-order valence-corrected chi connectivity index (χ0v) is 16.7. The van der Waals surface area contributed by atoms with Gasteiger partial charge in [-0.05, 0) is 55.2 Å². The molecule has 6 nitrogen and oxygen atoms in total. The number of H-pyrrole nitrogens is 1. The Labute approximate surface area is 164 Å². The number of rotatable bonds is 4. The normalized spacial score (nSPS) is 16.9. The number of fused-ring (bicyclic) bond motifs is 3. The van der Waals surface area contributed by atoms with Crippen molar-refractivity contribution < 1.29 is 13.2 Å². The van der Waals surface area contributed by atoms with E-state index >= 15 is 0 Å². The average molecular weight is 398 g/mol. The van der Waals surface area contributed by atoms with Gasteiger partial charge >= 0.3 is 0 Å². The zero-order valence-electron chi connectivity index (χ0n) is 15.9. The van der Waals surface area contributed by atoms with Gasteiger partial charge in [0, 0.05) is 42.3 Å². The Morgan fingerprint density at radius 3 is 2.57 bits per heavy atom. The van der Waals surface area contributed by atoms with Crippen molar-refractivity contribution in [3.63, 3.8) is 0 Å². The first-order valence-electron chi connectivity index (χ1n) is 9.30. The van der Waals surface area contributed by atoms with Gasteiger partial charge in [-0.25, -0.2) is 8.42 Å². The number of aryl methyl sites for hydroxylation is 1. The number of sulfonamides is 1. The number of anilines is 1. The minimum atomic E-state index is -3.61. The summed E-state index contributed by atoms with van der Waals surface area (Å²) in [5.41, 5.74) is 4.11. The molecule has 0 bridgehead atoms. The molecule has 1 atom stereocenters. The summed E-state index contributed by atoms with van der Waals surface area (Å²) in [5, 5.41) is 3.82. The van der Waals surface area contributed by atoms with Gasteiger partial charge in [-0.1, -0.05) is 18.2 Å². The molecule has 1 heterocycles. The molecule has 2 aromatic carbocycles. The number of para-hydroxylation sites is 1. The second kappa shape index (κ2) is 7.07. The van der Waals surface area contributed by atoms with Crippen LogP contribution in [0.2, 0.25) is 0 Å². The maximum atomic E-state index is 13.1.